The summed E-state index contributed by atoms with van der Waals surface area (Å²) in [6.07, 6.45) is 0.860. The third-order valence-electron chi connectivity index (χ3n) is 2.93. The fraction of sp³-hybridized carbons (Fsp3) is 0.385. The van der Waals surface area contributed by atoms with Crippen LogP contribution in [0, 0.1) is 0 Å². The van der Waals surface area contributed by atoms with Crippen LogP contribution in [0.15, 0.2) is 24.3 Å². The van der Waals surface area contributed by atoms with Gasteiger partial charge in [-0.25, -0.2) is 9.59 Å². The standard InChI is InChI=1S/C13H18N2O3/c1-4-9(2)15(3)13(18)14-11-7-5-6-10(8-11)12(16)17/h5-9H,4H2,1-3H3,(H,14,18)(H,16,17). The van der Waals surface area contributed by atoms with Gasteiger partial charge in [-0.1, -0.05) is 13.0 Å². The van der Waals surface area contributed by atoms with Gasteiger partial charge in [0, 0.05) is 18.8 Å². The maximum Gasteiger partial charge on any atom is 0.335 e. The van der Waals surface area contributed by atoms with Crippen molar-refractivity contribution in [2.75, 3.05) is 12.4 Å². The fourth-order valence-corrected chi connectivity index (χ4v) is 1.42. The molecule has 0 spiro atoms. The van der Waals surface area contributed by atoms with E-state index in [4.69, 9.17) is 5.11 Å². The number of nitrogens with zero attached hydrogens (tertiary/aromatic N) is 1. The Kier molecular flexibility index (Phi) is 4.71. The molecular weight excluding hydrogens is 232 g/mol. The predicted octanol–water partition coefficient (Wildman–Crippen LogP) is 2.65. The summed E-state index contributed by atoms with van der Waals surface area (Å²) in [5, 5.41) is 11.5. The first kappa shape index (κ1) is 14.0. The average Bonchev–Trinajstić information content (AvgIpc) is 2.37. The van der Waals surface area contributed by atoms with Crippen LogP contribution in [-0.4, -0.2) is 35.1 Å². The molecule has 0 aromatic heterocycles. The van der Waals surface area contributed by atoms with Crippen molar-refractivity contribution in [3.8, 4) is 0 Å². The number of carboxylic acids is 1. The summed E-state index contributed by atoms with van der Waals surface area (Å²) in [6.45, 7) is 3.95. The summed E-state index contributed by atoms with van der Waals surface area (Å²) in [6, 6.07) is 6.07. The number of benzene rings is 1. The minimum atomic E-state index is -1.01. The van der Waals surface area contributed by atoms with Crippen molar-refractivity contribution in [1.29, 1.82) is 0 Å². The van der Waals surface area contributed by atoms with Gasteiger partial charge >= 0.3 is 12.0 Å². The van der Waals surface area contributed by atoms with Crippen molar-refractivity contribution >= 4 is 17.7 Å². The second kappa shape index (κ2) is 6.05. The molecule has 0 radical (unpaired) electrons. The Bertz CT molecular complexity index is 446. The third kappa shape index (κ3) is 3.48. The Labute approximate surface area is 106 Å². The van der Waals surface area contributed by atoms with Crippen LogP contribution in [0.5, 0.6) is 0 Å². The smallest absolute Gasteiger partial charge is 0.335 e. The van der Waals surface area contributed by atoms with Gasteiger partial charge in [0.05, 0.1) is 5.56 Å². The van der Waals surface area contributed by atoms with E-state index in [2.05, 4.69) is 5.32 Å². The van der Waals surface area contributed by atoms with Crippen LogP contribution in [0.3, 0.4) is 0 Å². The molecule has 2 N–H and O–H groups in total. The van der Waals surface area contributed by atoms with E-state index in [0.717, 1.165) is 6.42 Å². The van der Waals surface area contributed by atoms with Gasteiger partial charge in [-0.3, -0.25) is 0 Å². The number of anilines is 1. The van der Waals surface area contributed by atoms with Crippen LogP contribution >= 0.6 is 0 Å². The van der Waals surface area contributed by atoms with Crippen molar-refractivity contribution in [1.82, 2.24) is 4.90 Å². The van der Waals surface area contributed by atoms with Gasteiger partial charge in [0.1, 0.15) is 0 Å². The van der Waals surface area contributed by atoms with Crippen LogP contribution in [-0.2, 0) is 0 Å². The molecule has 5 heteroatoms. The van der Waals surface area contributed by atoms with Gasteiger partial charge in [0.15, 0.2) is 0 Å². The number of rotatable bonds is 4. The lowest BCUT2D eigenvalue weighted by Crippen LogP contribution is -2.37. The molecular formula is C13H18N2O3. The van der Waals surface area contributed by atoms with Crippen molar-refractivity contribution in [2.45, 2.75) is 26.3 Å². The number of aromatic carboxylic acids is 1. The van der Waals surface area contributed by atoms with E-state index in [1.165, 1.54) is 12.1 Å². The molecule has 0 aliphatic heterocycles. The second-order valence-corrected chi connectivity index (χ2v) is 4.18. The molecule has 0 saturated carbocycles. The normalized spacial score (nSPS) is 11.7. The SMILES string of the molecule is CCC(C)N(C)C(=O)Nc1cccc(C(=O)O)c1. The van der Waals surface area contributed by atoms with Gasteiger partial charge in [-0.05, 0) is 31.5 Å². The van der Waals surface area contributed by atoms with Crippen LogP contribution in [0.25, 0.3) is 0 Å². The highest BCUT2D eigenvalue weighted by Crippen LogP contribution is 2.12. The van der Waals surface area contributed by atoms with Gasteiger partial charge in [0.25, 0.3) is 0 Å². The molecule has 0 fully saturated rings. The number of hydrogen-bond acceptors (Lipinski definition) is 2. The Morgan fingerprint density at radius 1 is 1.44 bits per heavy atom. The lowest BCUT2D eigenvalue weighted by atomic mass is 10.2. The quantitative estimate of drug-likeness (QED) is 0.863. The molecule has 0 aliphatic rings. The second-order valence-electron chi connectivity index (χ2n) is 4.18. The summed E-state index contributed by atoms with van der Waals surface area (Å²) in [5.74, 6) is -1.01. The summed E-state index contributed by atoms with van der Waals surface area (Å²) in [5.41, 5.74) is 0.633. The summed E-state index contributed by atoms with van der Waals surface area (Å²) >= 11 is 0. The van der Waals surface area contributed by atoms with Crippen molar-refractivity contribution in [3.63, 3.8) is 0 Å². The van der Waals surface area contributed by atoms with Gasteiger partial charge in [0.2, 0.25) is 0 Å². The molecule has 2 amide bonds. The highest BCUT2D eigenvalue weighted by molar-refractivity contribution is 5.93. The first-order valence-electron chi connectivity index (χ1n) is 5.82. The molecule has 0 aliphatic carbocycles. The molecule has 1 aromatic rings. The maximum absolute atomic E-state index is 11.9. The Balaban J connectivity index is 2.76. The van der Waals surface area contributed by atoms with E-state index in [-0.39, 0.29) is 17.6 Å². The molecule has 18 heavy (non-hydrogen) atoms. The van der Waals surface area contributed by atoms with Crippen LogP contribution in [0.4, 0.5) is 10.5 Å². The van der Waals surface area contributed by atoms with E-state index < -0.39 is 5.97 Å². The van der Waals surface area contributed by atoms with Gasteiger partial charge in [-0.15, -0.1) is 0 Å². The molecule has 0 heterocycles. The number of urea groups is 1. The molecule has 5 nitrogen and oxygen atoms in total. The number of carbonyl (C=O) groups is 2. The Morgan fingerprint density at radius 3 is 2.67 bits per heavy atom. The van der Waals surface area contributed by atoms with Crippen LogP contribution < -0.4 is 5.32 Å². The predicted molar refractivity (Wildman–Crippen MR) is 69.9 cm³/mol. The minimum Gasteiger partial charge on any atom is -0.478 e. The van der Waals surface area contributed by atoms with Crippen LogP contribution in [0.1, 0.15) is 30.6 Å². The van der Waals surface area contributed by atoms with E-state index in [1.54, 1.807) is 24.1 Å². The zero-order valence-electron chi connectivity index (χ0n) is 10.8. The third-order valence-corrected chi connectivity index (χ3v) is 2.93. The molecule has 1 unspecified atom stereocenters. The lowest BCUT2D eigenvalue weighted by molar-refractivity contribution is 0.0697. The number of nitrogens with one attached hydrogen (secondary N) is 1. The minimum absolute atomic E-state index is 0.132. The molecule has 0 bridgehead atoms. The highest BCUT2D eigenvalue weighted by Gasteiger charge is 2.14. The van der Waals surface area contributed by atoms with E-state index in [1.807, 2.05) is 13.8 Å². The van der Waals surface area contributed by atoms with Crippen molar-refractivity contribution < 1.29 is 14.7 Å². The summed E-state index contributed by atoms with van der Waals surface area (Å²) in [7, 11) is 1.71. The molecule has 1 aromatic carbocycles. The van der Waals surface area contributed by atoms with E-state index >= 15 is 0 Å². The zero-order valence-corrected chi connectivity index (χ0v) is 10.8. The molecule has 1 rings (SSSR count). The molecule has 0 saturated heterocycles. The summed E-state index contributed by atoms with van der Waals surface area (Å²) in [4.78, 5) is 24.3. The Hall–Kier alpha value is -2.04. The topological polar surface area (TPSA) is 69.6 Å². The first-order valence-corrected chi connectivity index (χ1v) is 5.82. The monoisotopic (exact) mass is 250 g/mol. The van der Waals surface area contributed by atoms with Crippen LogP contribution in [0.2, 0.25) is 0 Å². The summed E-state index contributed by atoms with van der Waals surface area (Å²) < 4.78 is 0. The Morgan fingerprint density at radius 2 is 2.11 bits per heavy atom. The van der Waals surface area contributed by atoms with E-state index in [0.29, 0.717) is 5.69 Å². The zero-order chi connectivity index (χ0) is 13.7. The largest absolute Gasteiger partial charge is 0.478 e. The fourth-order valence-electron chi connectivity index (χ4n) is 1.42. The highest BCUT2D eigenvalue weighted by atomic mass is 16.4. The number of carboxylic acid groups (broad SMARTS) is 1. The molecule has 98 valence electrons. The number of amides is 2. The average molecular weight is 250 g/mol. The first-order chi connectivity index (χ1) is 8.45. The van der Waals surface area contributed by atoms with Gasteiger partial charge < -0.3 is 15.3 Å². The van der Waals surface area contributed by atoms with Crippen molar-refractivity contribution in [3.05, 3.63) is 29.8 Å². The van der Waals surface area contributed by atoms with E-state index in [9.17, 15) is 9.59 Å². The van der Waals surface area contributed by atoms with Crippen molar-refractivity contribution in [2.24, 2.45) is 0 Å². The lowest BCUT2D eigenvalue weighted by Gasteiger charge is -2.24. The maximum atomic E-state index is 11.9. The number of carbonyl (C=O) groups excluding carboxylic acids is 1. The van der Waals surface area contributed by atoms with Gasteiger partial charge in [-0.2, -0.15) is 0 Å². The molecule has 1 atom stereocenters. The number of hydrogen-bond donors (Lipinski definition) is 2.